The van der Waals surface area contributed by atoms with Crippen LogP contribution in [0, 0.1) is 35.5 Å². The van der Waals surface area contributed by atoms with Crippen LogP contribution in [0.2, 0.25) is 0 Å². The van der Waals surface area contributed by atoms with E-state index >= 15 is 0 Å². The molecule has 2 fully saturated rings. The number of halogens is 2. The highest BCUT2D eigenvalue weighted by Crippen LogP contribution is 2.42. The minimum absolute atomic E-state index is 0. The van der Waals surface area contributed by atoms with Gasteiger partial charge in [0, 0.05) is 30.1 Å². The fraction of sp³-hybridized carbons (Fsp3) is 0.806. The van der Waals surface area contributed by atoms with Crippen molar-refractivity contribution >= 4 is 11.6 Å². The summed E-state index contributed by atoms with van der Waals surface area (Å²) in [5, 5.41) is 4.96. The number of hydrogen-bond donors (Lipinski definition) is 1. The Morgan fingerprint density at radius 1 is 1.03 bits per heavy atom. The van der Waals surface area contributed by atoms with Crippen molar-refractivity contribution in [2.24, 2.45) is 35.5 Å². The largest absolute Gasteiger partial charge is 0.412 e. The minimum Gasteiger partial charge on any atom is -0.412 e. The smallest absolute Gasteiger partial charge is 0.104 e. The van der Waals surface area contributed by atoms with Gasteiger partial charge in [-0.25, -0.2) is 4.39 Å². The average molecular weight is 543 g/mol. The van der Waals surface area contributed by atoms with Crippen LogP contribution in [0.5, 0.6) is 0 Å². The Kier molecular flexibility index (Phi) is 15.2. The highest BCUT2D eigenvalue weighted by atomic mass is 35.5. The summed E-state index contributed by atoms with van der Waals surface area (Å²) < 4.78 is 14.8. The van der Waals surface area contributed by atoms with E-state index in [2.05, 4.69) is 43.1 Å². The first-order valence-electron chi connectivity index (χ1n) is 14.3. The van der Waals surface area contributed by atoms with E-state index in [4.69, 9.17) is 11.6 Å². The minimum atomic E-state index is 0. The predicted molar refractivity (Wildman–Crippen MR) is 158 cm³/mol. The van der Waals surface area contributed by atoms with Gasteiger partial charge in [-0.05, 0) is 93.7 Å². The standard InChI is InChI=1S/C30H48ClFN2.CH4.2H2O/c1-21(2)30(20-34-16-14-25(15-17-34)24-9-11-26(31)12-10-24)33-19-23-8-13-29(32)28(18-23)27-7-5-4-6-22(27)3;;;/h8,11,13,21-22,24-25,27-28,30,33H,4-7,9-10,12,14-20H2,1-3H3;1H4;2*1H2/t22?,24?,27?,28?,30-;;;/m0.../s1. The maximum atomic E-state index is 14.8. The summed E-state index contributed by atoms with van der Waals surface area (Å²) in [4.78, 5) is 2.68. The van der Waals surface area contributed by atoms with E-state index in [1.165, 1.54) is 70.0 Å². The molecular weight excluding hydrogens is 487 g/mol. The molecule has 216 valence electrons. The van der Waals surface area contributed by atoms with Crippen molar-refractivity contribution in [3.8, 4) is 0 Å². The summed E-state index contributed by atoms with van der Waals surface area (Å²) >= 11 is 6.20. The molecule has 4 rings (SSSR count). The second-order valence-electron chi connectivity index (χ2n) is 12.2. The fourth-order valence-corrected chi connectivity index (χ4v) is 7.31. The van der Waals surface area contributed by atoms with Crippen LogP contribution in [0.4, 0.5) is 4.39 Å². The first kappa shape index (κ1) is 34.3. The van der Waals surface area contributed by atoms with Gasteiger partial charge >= 0.3 is 0 Å². The van der Waals surface area contributed by atoms with Gasteiger partial charge in [0.1, 0.15) is 5.83 Å². The molecule has 0 spiro atoms. The Morgan fingerprint density at radius 2 is 1.73 bits per heavy atom. The van der Waals surface area contributed by atoms with Crippen molar-refractivity contribution in [1.82, 2.24) is 10.2 Å². The van der Waals surface area contributed by atoms with E-state index in [1.807, 2.05) is 0 Å². The van der Waals surface area contributed by atoms with Gasteiger partial charge in [-0.2, -0.15) is 0 Å². The third-order valence-electron chi connectivity index (χ3n) is 9.56. The van der Waals surface area contributed by atoms with Crippen molar-refractivity contribution < 1.29 is 15.3 Å². The molecule has 6 heteroatoms. The third-order valence-corrected chi connectivity index (χ3v) is 9.90. The number of likely N-dealkylation sites (tertiary alicyclic amines) is 1. The zero-order valence-electron chi connectivity index (χ0n) is 22.9. The summed E-state index contributed by atoms with van der Waals surface area (Å²) in [6.07, 6.45) is 18.3. The Labute approximate surface area is 231 Å². The van der Waals surface area contributed by atoms with Crippen LogP contribution in [-0.2, 0) is 0 Å². The molecule has 3 aliphatic carbocycles. The van der Waals surface area contributed by atoms with Crippen LogP contribution >= 0.6 is 11.6 Å². The molecule has 0 bridgehead atoms. The van der Waals surface area contributed by atoms with Gasteiger partial charge in [0.05, 0.1) is 0 Å². The lowest BCUT2D eigenvalue weighted by Gasteiger charge is -2.39. The van der Waals surface area contributed by atoms with E-state index in [1.54, 1.807) is 6.08 Å². The molecular formula is C31H56ClFN2O2. The Hall–Kier alpha value is -0.720. The highest BCUT2D eigenvalue weighted by molar-refractivity contribution is 6.29. The molecule has 0 radical (unpaired) electrons. The molecule has 1 aliphatic heterocycles. The first-order valence-corrected chi connectivity index (χ1v) is 14.6. The SMILES string of the molecule is C.CC1CCCCC1C1CC(CN[C@@H](CN2CCC(C3CC=C(Cl)CC3)CC2)C(C)C)=CC=C1F.O.O. The molecule has 37 heavy (non-hydrogen) atoms. The third kappa shape index (κ3) is 9.46. The van der Waals surface area contributed by atoms with Gasteiger partial charge in [0.25, 0.3) is 0 Å². The van der Waals surface area contributed by atoms with Crippen molar-refractivity contribution in [1.29, 1.82) is 0 Å². The van der Waals surface area contributed by atoms with Crippen molar-refractivity contribution in [2.75, 3.05) is 26.2 Å². The predicted octanol–water partition coefficient (Wildman–Crippen LogP) is 6.85. The molecule has 4 unspecified atom stereocenters. The summed E-state index contributed by atoms with van der Waals surface area (Å²) in [7, 11) is 0. The van der Waals surface area contributed by atoms with Crippen molar-refractivity contribution in [3.63, 3.8) is 0 Å². The Morgan fingerprint density at radius 3 is 2.35 bits per heavy atom. The van der Waals surface area contributed by atoms with E-state index in [0.717, 1.165) is 42.8 Å². The number of rotatable bonds is 8. The molecule has 0 amide bonds. The second kappa shape index (κ2) is 16.4. The number of allylic oxidation sites excluding steroid dienone is 5. The number of nitrogens with one attached hydrogen (secondary N) is 1. The lowest BCUT2D eigenvalue weighted by atomic mass is 9.70. The molecule has 1 heterocycles. The zero-order chi connectivity index (χ0) is 24.1. The van der Waals surface area contributed by atoms with Gasteiger partial charge in [0.2, 0.25) is 0 Å². The second-order valence-corrected chi connectivity index (χ2v) is 12.7. The molecule has 5 atom stereocenters. The van der Waals surface area contributed by atoms with Crippen LogP contribution in [-0.4, -0.2) is 48.1 Å². The Balaban J connectivity index is 0.00000228. The van der Waals surface area contributed by atoms with Crippen LogP contribution in [0.25, 0.3) is 0 Å². The van der Waals surface area contributed by atoms with Gasteiger partial charge < -0.3 is 21.2 Å². The number of hydrogen-bond acceptors (Lipinski definition) is 2. The summed E-state index contributed by atoms with van der Waals surface area (Å²) in [5.41, 5.74) is 1.39. The van der Waals surface area contributed by atoms with Crippen molar-refractivity contribution in [3.05, 3.63) is 34.7 Å². The van der Waals surface area contributed by atoms with Crippen LogP contribution in [0.3, 0.4) is 0 Å². The summed E-state index contributed by atoms with van der Waals surface area (Å²) in [6, 6.07) is 0.483. The highest BCUT2D eigenvalue weighted by Gasteiger charge is 2.34. The average Bonchev–Trinajstić information content (AvgIpc) is 2.84. The molecule has 0 aromatic heterocycles. The van der Waals surface area contributed by atoms with Crippen LogP contribution in [0.1, 0.15) is 92.4 Å². The Bertz CT molecular complexity index is 760. The van der Waals surface area contributed by atoms with Crippen LogP contribution in [0.15, 0.2) is 34.7 Å². The molecule has 0 aromatic carbocycles. The lowest BCUT2D eigenvalue weighted by molar-refractivity contribution is 0.124. The number of piperidine rings is 1. The normalized spacial score (nSPS) is 30.2. The van der Waals surface area contributed by atoms with E-state index in [-0.39, 0.29) is 30.1 Å². The molecule has 1 saturated carbocycles. The van der Waals surface area contributed by atoms with E-state index in [0.29, 0.717) is 23.8 Å². The topological polar surface area (TPSA) is 78.3 Å². The molecule has 4 nitrogen and oxygen atoms in total. The fourth-order valence-electron chi connectivity index (χ4n) is 7.11. The van der Waals surface area contributed by atoms with Gasteiger partial charge in [-0.3, -0.25) is 0 Å². The van der Waals surface area contributed by atoms with E-state index < -0.39 is 0 Å². The van der Waals surface area contributed by atoms with E-state index in [9.17, 15) is 4.39 Å². The van der Waals surface area contributed by atoms with Gasteiger partial charge in [-0.1, -0.05) is 76.8 Å². The molecule has 5 N–H and O–H groups in total. The van der Waals surface area contributed by atoms with Gasteiger partial charge in [-0.15, -0.1) is 0 Å². The lowest BCUT2D eigenvalue weighted by Crippen LogP contribution is -2.47. The van der Waals surface area contributed by atoms with Gasteiger partial charge in [0.15, 0.2) is 0 Å². The van der Waals surface area contributed by atoms with Crippen LogP contribution < -0.4 is 5.32 Å². The first-order chi connectivity index (χ1) is 16.4. The van der Waals surface area contributed by atoms with Crippen molar-refractivity contribution in [2.45, 2.75) is 98.4 Å². The molecule has 4 aliphatic rings. The zero-order valence-corrected chi connectivity index (χ0v) is 23.6. The summed E-state index contributed by atoms with van der Waals surface area (Å²) in [6.45, 7) is 11.5. The number of nitrogens with zero attached hydrogens (tertiary/aromatic N) is 1. The maximum absolute atomic E-state index is 14.8. The monoisotopic (exact) mass is 542 g/mol. The summed E-state index contributed by atoms with van der Waals surface area (Å²) in [5.74, 6) is 3.71. The quantitative estimate of drug-likeness (QED) is 0.364. The maximum Gasteiger partial charge on any atom is 0.104 e. The molecule has 0 aromatic rings. The molecule has 1 saturated heterocycles.